The third-order valence-corrected chi connectivity index (χ3v) is 16.1. The van der Waals surface area contributed by atoms with E-state index < -0.39 is 61.2 Å². The van der Waals surface area contributed by atoms with Gasteiger partial charge in [-0.2, -0.15) is 0 Å². The van der Waals surface area contributed by atoms with E-state index in [-0.39, 0.29) is 19.8 Å². The Morgan fingerprint density at radius 3 is 2.02 bits per heavy atom. The first-order valence-electron chi connectivity index (χ1n) is 20.4. The van der Waals surface area contributed by atoms with E-state index in [1.165, 1.54) is 0 Å². The average molecular weight is 807 g/mol. The Labute approximate surface area is 345 Å². The summed E-state index contributed by atoms with van der Waals surface area (Å²) in [6, 6.07) is 30.0. The third-order valence-electron chi connectivity index (χ3n) is 11.5. The number of rotatable bonds is 19. The molecule has 0 radical (unpaired) electrons. The second kappa shape index (κ2) is 18.8. The fourth-order valence-electron chi connectivity index (χ4n) is 7.43. The summed E-state index contributed by atoms with van der Waals surface area (Å²) in [5.74, 6) is 12.8. The van der Waals surface area contributed by atoms with Crippen LogP contribution in [0.15, 0.2) is 96.6 Å². The quantitative estimate of drug-likeness (QED) is 0.0563. The van der Waals surface area contributed by atoms with Crippen LogP contribution < -0.4 is 4.74 Å². The van der Waals surface area contributed by atoms with E-state index in [9.17, 15) is 9.90 Å². The van der Waals surface area contributed by atoms with E-state index in [0.29, 0.717) is 18.8 Å². The zero-order valence-electron chi connectivity index (χ0n) is 34.9. The summed E-state index contributed by atoms with van der Waals surface area (Å²) in [5.41, 5.74) is -0.139. The lowest BCUT2D eigenvalue weighted by molar-refractivity contribution is -0.160. The van der Waals surface area contributed by atoms with Gasteiger partial charge in [-0.05, 0) is 73.8 Å². The van der Waals surface area contributed by atoms with Crippen molar-refractivity contribution in [2.45, 2.75) is 115 Å². The molecule has 1 saturated heterocycles. The minimum Gasteiger partial charge on any atom is -0.497 e. The second-order valence-electron chi connectivity index (χ2n) is 16.4. The Hall–Kier alpha value is -4.23. The van der Waals surface area contributed by atoms with Crippen molar-refractivity contribution in [3.05, 3.63) is 113 Å². The van der Waals surface area contributed by atoms with Crippen LogP contribution in [0.4, 0.5) is 0 Å². The SMILES string of the molecule is CC[Si](CC)(CC)O[C@@H]1C#C[C@@H]2O[C@]23C(=C[C@H](OCc2ccccc2)[C@H]3OCc2ccccc2)C#C[C@@]1(O)[C@H](COCc1ccc(OC)cc1)COC(=O)C(C)(C)C. The van der Waals surface area contributed by atoms with Crippen molar-refractivity contribution in [3.8, 4) is 29.4 Å². The standard InChI is InChI=1S/C48H58O9Si/c1-8-58(9-2,10-3)57-42-25-26-43-48(56-43)38(29-41(53-31-35-17-13-11-14-18-35)44(48)54-32-36-19-15-12-16-20-36)27-28-47(42,50)39(34-55-45(49)46(4,5)6)33-52-30-37-21-23-40(51-7)24-22-37/h11-24,29,39,41-44,50H,8-10,30-34H2,1-7H3/t39-,41+,42-,43+,44-,47-,48-/m1/s1. The van der Waals surface area contributed by atoms with Crippen LogP contribution in [0.25, 0.3) is 0 Å². The highest BCUT2D eigenvalue weighted by molar-refractivity contribution is 6.73. The first-order chi connectivity index (χ1) is 27.9. The summed E-state index contributed by atoms with van der Waals surface area (Å²) < 4.78 is 44.5. The predicted molar refractivity (Wildman–Crippen MR) is 225 cm³/mol. The maximum absolute atomic E-state index is 13.2. The fourth-order valence-corrected chi connectivity index (χ4v) is 10.2. The highest BCUT2D eigenvalue weighted by Gasteiger charge is 2.69. The van der Waals surface area contributed by atoms with Gasteiger partial charge in [0.15, 0.2) is 25.6 Å². The summed E-state index contributed by atoms with van der Waals surface area (Å²) >= 11 is 0. The number of carbonyl (C=O) groups excluding carboxylic acids is 1. The number of aliphatic hydroxyl groups is 1. The smallest absolute Gasteiger partial charge is 0.311 e. The highest BCUT2D eigenvalue weighted by Crippen LogP contribution is 2.53. The molecule has 3 aromatic carbocycles. The molecule has 308 valence electrons. The number of hydrogen-bond donors (Lipinski definition) is 1. The van der Waals surface area contributed by atoms with Gasteiger partial charge >= 0.3 is 5.97 Å². The molecular weight excluding hydrogens is 749 g/mol. The monoisotopic (exact) mass is 806 g/mol. The lowest BCUT2D eigenvalue weighted by atomic mass is 9.83. The lowest BCUT2D eigenvalue weighted by Gasteiger charge is -2.40. The van der Waals surface area contributed by atoms with Crippen LogP contribution in [0, 0.1) is 35.0 Å². The van der Waals surface area contributed by atoms with Gasteiger partial charge in [0.05, 0.1) is 44.9 Å². The zero-order valence-corrected chi connectivity index (χ0v) is 35.9. The largest absolute Gasteiger partial charge is 0.497 e. The van der Waals surface area contributed by atoms with Crippen LogP contribution in [0.5, 0.6) is 5.75 Å². The molecule has 10 heteroatoms. The van der Waals surface area contributed by atoms with Gasteiger partial charge in [-0.1, -0.05) is 117 Å². The van der Waals surface area contributed by atoms with E-state index in [4.69, 9.17) is 32.8 Å². The van der Waals surface area contributed by atoms with Crippen LogP contribution in [-0.4, -0.2) is 75.3 Å². The summed E-state index contributed by atoms with van der Waals surface area (Å²) in [6.45, 7) is 12.5. The first-order valence-corrected chi connectivity index (χ1v) is 23.0. The van der Waals surface area contributed by atoms with E-state index >= 15 is 0 Å². The normalized spacial score (nSPS) is 25.2. The number of benzene rings is 3. The molecule has 58 heavy (non-hydrogen) atoms. The van der Waals surface area contributed by atoms with Crippen molar-refractivity contribution in [1.82, 2.24) is 0 Å². The number of methoxy groups -OCH3 is 1. The van der Waals surface area contributed by atoms with Gasteiger partial charge in [-0.15, -0.1) is 0 Å². The Balaban J connectivity index is 1.40. The molecule has 0 unspecified atom stereocenters. The molecule has 1 aliphatic heterocycles. The molecule has 1 fully saturated rings. The minimum atomic E-state index is -2.41. The molecule has 7 atom stereocenters. The molecule has 0 bridgehead atoms. The van der Waals surface area contributed by atoms with Gasteiger partial charge in [0.1, 0.15) is 30.7 Å². The number of carbonyl (C=O) groups is 1. The van der Waals surface area contributed by atoms with Gasteiger partial charge in [0.25, 0.3) is 0 Å². The second-order valence-corrected chi connectivity index (χ2v) is 21.1. The maximum Gasteiger partial charge on any atom is 0.311 e. The van der Waals surface area contributed by atoms with Crippen LogP contribution in [0.3, 0.4) is 0 Å². The fraction of sp³-hybridized carbons (Fsp3) is 0.479. The summed E-state index contributed by atoms with van der Waals surface area (Å²) in [7, 11) is -0.787. The highest BCUT2D eigenvalue weighted by atomic mass is 28.4. The minimum absolute atomic E-state index is 0.00481. The number of ether oxygens (including phenoxy) is 6. The third kappa shape index (κ3) is 9.79. The first kappa shape index (κ1) is 43.3. The van der Waals surface area contributed by atoms with Crippen LogP contribution in [-0.2, 0) is 52.7 Å². The number of hydrogen-bond acceptors (Lipinski definition) is 9. The van der Waals surface area contributed by atoms with E-state index in [1.54, 1.807) is 27.9 Å². The van der Waals surface area contributed by atoms with Crippen LogP contribution >= 0.6 is 0 Å². The molecule has 6 rings (SSSR count). The van der Waals surface area contributed by atoms with Gasteiger partial charge < -0.3 is 38.0 Å². The van der Waals surface area contributed by atoms with Crippen LogP contribution in [0.1, 0.15) is 58.2 Å². The molecule has 0 saturated carbocycles. The Bertz CT molecular complexity index is 1980. The van der Waals surface area contributed by atoms with Crippen molar-refractivity contribution in [2.75, 3.05) is 20.3 Å². The molecule has 3 aromatic rings. The van der Waals surface area contributed by atoms with Crippen molar-refractivity contribution in [3.63, 3.8) is 0 Å². The maximum atomic E-state index is 13.2. The molecule has 9 nitrogen and oxygen atoms in total. The molecule has 0 aromatic heterocycles. The van der Waals surface area contributed by atoms with Crippen molar-refractivity contribution >= 4 is 14.3 Å². The summed E-state index contributed by atoms with van der Waals surface area (Å²) in [4.78, 5) is 13.2. The Morgan fingerprint density at radius 1 is 0.828 bits per heavy atom. The molecule has 1 spiro atoms. The van der Waals surface area contributed by atoms with Crippen molar-refractivity contribution in [1.29, 1.82) is 0 Å². The number of epoxide rings is 1. The summed E-state index contributed by atoms with van der Waals surface area (Å²) in [6.07, 6.45) is -0.776. The molecule has 3 aliphatic rings. The Kier molecular flexibility index (Phi) is 14.0. The van der Waals surface area contributed by atoms with E-state index in [1.807, 2.05) is 91.0 Å². The van der Waals surface area contributed by atoms with Gasteiger partial charge in [0, 0.05) is 5.57 Å². The van der Waals surface area contributed by atoms with Crippen molar-refractivity contribution in [2.24, 2.45) is 11.3 Å². The van der Waals surface area contributed by atoms with E-state index in [0.717, 1.165) is 40.6 Å². The number of esters is 1. The molecule has 1 N–H and O–H groups in total. The van der Waals surface area contributed by atoms with Crippen molar-refractivity contribution < 1.29 is 42.7 Å². The van der Waals surface area contributed by atoms with Crippen LogP contribution in [0.2, 0.25) is 18.1 Å². The molecular formula is C48H58O9Si. The molecule has 2 aliphatic carbocycles. The van der Waals surface area contributed by atoms with Gasteiger partial charge in [-0.25, -0.2) is 0 Å². The van der Waals surface area contributed by atoms with Gasteiger partial charge in [0.2, 0.25) is 0 Å². The van der Waals surface area contributed by atoms with Gasteiger partial charge in [-0.3, -0.25) is 4.79 Å². The Morgan fingerprint density at radius 2 is 1.43 bits per heavy atom. The zero-order chi connectivity index (χ0) is 41.4. The average Bonchev–Trinajstić information content (AvgIpc) is 3.87. The lowest BCUT2D eigenvalue weighted by Crippen LogP contribution is -2.56. The topological polar surface area (TPSA) is 105 Å². The predicted octanol–water partition coefficient (Wildman–Crippen LogP) is 7.81. The molecule has 0 amide bonds. The summed E-state index contributed by atoms with van der Waals surface area (Å²) in [5, 5.41) is 13.2. The molecule has 1 heterocycles. The van der Waals surface area contributed by atoms with E-state index in [2.05, 4.69) is 44.5 Å².